The van der Waals surface area contributed by atoms with Crippen LogP contribution in [0.2, 0.25) is 0 Å². The number of aryl methyl sites for hydroxylation is 2. The molecular weight excluding hydrogens is 490 g/mol. The van der Waals surface area contributed by atoms with Gasteiger partial charge in [0.25, 0.3) is 11.7 Å². The van der Waals surface area contributed by atoms with Crippen molar-refractivity contribution < 1.29 is 28.2 Å². The monoisotopic (exact) mass is 520 g/mol. The predicted molar refractivity (Wildman–Crippen MR) is 144 cm³/mol. The maximum Gasteiger partial charge on any atom is 0.300 e. The molecule has 1 N–H and O–H groups in total. The van der Waals surface area contributed by atoms with Gasteiger partial charge < -0.3 is 14.7 Å². The van der Waals surface area contributed by atoms with E-state index in [1.165, 1.54) is 7.11 Å². The first-order valence-corrected chi connectivity index (χ1v) is 12.4. The van der Waals surface area contributed by atoms with E-state index < -0.39 is 29.4 Å². The Kier molecular flexibility index (Phi) is 7.53. The first-order chi connectivity index (χ1) is 18.1. The molecule has 1 fully saturated rings. The topological polar surface area (TPSA) is 70.1 Å². The van der Waals surface area contributed by atoms with E-state index in [1.807, 2.05) is 26.0 Å². The molecule has 1 saturated heterocycles. The molecule has 1 amide bonds. The maximum absolute atomic E-state index is 15.0. The fraction of sp³-hybridized carbons (Fsp3) is 0.267. The molecular formula is C30H30F2N2O4. The molecule has 0 spiro atoms. The predicted octanol–water partition coefficient (Wildman–Crippen LogP) is 6.06. The van der Waals surface area contributed by atoms with E-state index in [0.29, 0.717) is 28.5 Å². The van der Waals surface area contributed by atoms with E-state index >= 15 is 0 Å². The van der Waals surface area contributed by atoms with Crippen LogP contribution in [-0.2, 0) is 9.59 Å². The Labute approximate surface area is 220 Å². The number of Topliss-reactive ketones (excluding diaryl/α,β-unsaturated/α-hetero) is 1. The summed E-state index contributed by atoms with van der Waals surface area (Å²) in [6.45, 7) is 9.17. The number of aliphatic hydroxyl groups is 1. The Balaban J connectivity index is 1.96. The van der Waals surface area contributed by atoms with Gasteiger partial charge in [-0.3, -0.25) is 14.5 Å². The molecule has 198 valence electrons. The van der Waals surface area contributed by atoms with E-state index in [4.69, 9.17) is 4.74 Å². The third-order valence-corrected chi connectivity index (χ3v) is 6.95. The fourth-order valence-electron chi connectivity index (χ4n) is 4.94. The third kappa shape index (κ3) is 4.62. The number of methoxy groups -OCH3 is 1. The smallest absolute Gasteiger partial charge is 0.300 e. The maximum atomic E-state index is 15.0. The molecule has 6 nitrogen and oxygen atoms in total. The molecule has 1 atom stereocenters. The van der Waals surface area contributed by atoms with Crippen molar-refractivity contribution in [1.29, 1.82) is 0 Å². The van der Waals surface area contributed by atoms with Gasteiger partial charge in [0.1, 0.15) is 23.1 Å². The van der Waals surface area contributed by atoms with Crippen molar-refractivity contribution in [2.24, 2.45) is 0 Å². The zero-order chi connectivity index (χ0) is 27.7. The van der Waals surface area contributed by atoms with Crippen LogP contribution in [0.1, 0.15) is 42.1 Å². The summed E-state index contributed by atoms with van der Waals surface area (Å²) in [4.78, 5) is 29.9. The number of ketones is 1. The number of benzene rings is 3. The zero-order valence-electron chi connectivity index (χ0n) is 22.0. The summed E-state index contributed by atoms with van der Waals surface area (Å²) >= 11 is 0. The molecule has 38 heavy (non-hydrogen) atoms. The highest BCUT2D eigenvalue weighted by atomic mass is 19.1. The summed E-state index contributed by atoms with van der Waals surface area (Å²) in [5.74, 6) is -3.55. The lowest BCUT2D eigenvalue weighted by Gasteiger charge is -2.27. The van der Waals surface area contributed by atoms with Gasteiger partial charge in [-0.05, 0) is 80.8 Å². The fourth-order valence-corrected chi connectivity index (χ4v) is 4.94. The molecule has 1 unspecified atom stereocenters. The van der Waals surface area contributed by atoms with Crippen molar-refractivity contribution in [3.05, 3.63) is 94.1 Å². The van der Waals surface area contributed by atoms with Gasteiger partial charge in [-0.25, -0.2) is 8.78 Å². The molecule has 1 heterocycles. The average Bonchev–Trinajstić information content (AvgIpc) is 3.16. The van der Waals surface area contributed by atoms with E-state index in [0.717, 1.165) is 41.4 Å². The average molecular weight is 521 g/mol. The summed E-state index contributed by atoms with van der Waals surface area (Å²) in [6.07, 6.45) is 0. The quantitative estimate of drug-likeness (QED) is 0.233. The number of ether oxygens (including phenoxy) is 1. The van der Waals surface area contributed by atoms with Crippen LogP contribution >= 0.6 is 0 Å². The van der Waals surface area contributed by atoms with Crippen LogP contribution in [0.5, 0.6) is 5.75 Å². The lowest BCUT2D eigenvalue weighted by molar-refractivity contribution is -0.132. The van der Waals surface area contributed by atoms with Gasteiger partial charge in [0.2, 0.25) is 0 Å². The number of amides is 1. The number of nitrogens with zero attached hydrogens (tertiary/aromatic N) is 2. The molecule has 0 aliphatic carbocycles. The molecule has 0 aromatic heterocycles. The largest absolute Gasteiger partial charge is 0.507 e. The van der Waals surface area contributed by atoms with Crippen LogP contribution in [-0.4, -0.2) is 37.0 Å². The second-order valence-electron chi connectivity index (χ2n) is 9.17. The van der Waals surface area contributed by atoms with E-state index in [2.05, 4.69) is 4.90 Å². The van der Waals surface area contributed by atoms with Crippen LogP contribution in [0.4, 0.5) is 20.2 Å². The molecule has 3 aromatic rings. The van der Waals surface area contributed by atoms with Gasteiger partial charge in [0.15, 0.2) is 0 Å². The van der Waals surface area contributed by atoms with Crippen LogP contribution in [0, 0.1) is 25.5 Å². The van der Waals surface area contributed by atoms with E-state index in [-0.39, 0.29) is 17.0 Å². The van der Waals surface area contributed by atoms with E-state index in [1.54, 1.807) is 38.1 Å². The number of rotatable bonds is 7. The highest BCUT2D eigenvalue weighted by molar-refractivity contribution is 6.51. The number of carbonyl (C=O) groups excluding carboxylic acids is 2. The van der Waals surface area contributed by atoms with Crippen molar-refractivity contribution in [3.8, 4) is 5.75 Å². The van der Waals surface area contributed by atoms with Crippen LogP contribution in [0.3, 0.4) is 0 Å². The second-order valence-corrected chi connectivity index (χ2v) is 9.17. The minimum atomic E-state index is -1.14. The minimum absolute atomic E-state index is 0.179. The Morgan fingerprint density at radius 2 is 1.63 bits per heavy atom. The number of hydrogen-bond donors (Lipinski definition) is 1. The lowest BCUT2D eigenvalue weighted by atomic mass is 9.92. The number of anilines is 2. The molecule has 0 bridgehead atoms. The van der Waals surface area contributed by atoms with Gasteiger partial charge in [0.05, 0.1) is 24.4 Å². The lowest BCUT2D eigenvalue weighted by Crippen LogP contribution is -2.30. The van der Waals surface area contributed by atoms with Crippen LogP contribution in [0.25, 0.3) is 5.76 Å². The summed E-state index contributed by atoms with van der Waals surface area (Å²) < 4.78 is 34.0. The number of aliphatic hydroxyl groups excluding tert-OH is 1. The Morgan fingerprint density at radius 3 is 2.21 bits per heavy atom. The summed E-state index contributed by atoms with van der Waals surface area (Å²) in [7, 11) is 1.53. The van der Waals surface area contributed by atoms with Gasteiger partial charge in [-0.1, -0.05) is 12.1 Å². The summed E-state index contributed by atoms with van der Waals surface area (Å²) in [5.41, 5.74) is 2.69. The van der Waals surface area contributed by atoms with E-state index in [9.17, 15) is 23.5 Å². The van der Waals surface area contributed by atoms with Gasteiger partial charge >= 0.3 is 0 Å². The highest BCUT2D eigenvalue weighted by Gasteiger charge is 2.48. The second kappa shape index (κ2) is 10.7. The number of halogens is 2. The Hall–Kier alpha value is -4.20. The zero-order valence-corrected chi connectivity index (χ0v) is 22.0. The molecule has 0 radical (unpaired) electrons. The van der Waals surface area contributed by atoms with Gasteiger partial charge in [-0.2, -0.15) is 0 Å². The third-order valence-electron chi connectivity index (χ3n) is 6.95. The molecule has 1 aliphatic rings. The molecule has 0 saturated carbocycles. The molecule has 1 aliphatic heterocycles. The van der Waals surface area contributed by atoms with Crippen molar-refractivity contribution in [2.45, 2.75) is 33.7 Å². The Morgan fingerprint density at radius 1 is 0.974 bits per heavy atom. The summed E-state index contributed by atoms with van der Waals surface area (Å²) in [6, 6.07) is 12.3. The normalized spacial score (nSPS) is 16.7. The van der Waals surface area contributed by atoms with Crippen molar-refractivity contribution in [3.63, 3.8) is 0 Å². The summed E-state index contributed by atoms with van der Waals surface area (Å²) in [5, 5.41) is 11.5. The number of carbonyl (C=O) groups is 2. The minimum Gasteiger partial charge on any atom is -0.507 e. The number of hydrogen-bond acceptors (Lipinski definition) is 5. The van der Waals surface area contributed by atoms with Crippen LogP contribution in [0.15, 0.2) is 60.2 Å². The first kappa shape index (κ1) is 26.9. The van der Waals surface area contributed by atoms with Gasteiger partial charge in [-0.15, -0.1) is 0 Å². The highest BCUT2D eigenvalue weighted by Crippen LogP contribution is 2.44. The van der Waals surface area contributed by atoms with Crippen molar-refractivity contribution in [1.82, 2.24) is 0 Å². The first-order valence-electron chi connectivity index (χ1n) is 12.4. The van der Waals surface area contributed by atoms with Crippen molar-refractivity contribution in [2.75, 3.05) is 30.0 Å². The SMILES string of the molecule is CCN(CC)c1ccc(C2/C(=C(\O)c3cc(C)c(OC)cc3C)C(=O)C(=O)N2c2ccc(F)cc2F)cc1. The molecule has 8 heteroatoms. The Bertz CT molecular complexity index is 1430. The van der Waals surface area contributed by atoms with Crippen molar-refractivity contribution >= 4 is 28.8 Å². The van der Waals surface area contributed by atoms with Crippen LogP contribution < -0.4 is 14.5 Å². The molecule has 4 rings (SSSR count). The standard InChI is InChI=1S/C30H30F2N2O4/c1-6-33(7-2)21-11-8-19(9-12-21)27-26(28(35)22-14-18(4)25(38-5)15-17(22)3)29(36)30(37)34(27)24-13-10-20(31)16-23(24)32/h8-16,27,35H,6-7H2,1-5H3/b28-26+. The molecule has 3 aromatic carbocycles. The van der Waals surface area contributed by atoms with Gasteiger partial charge in [0, 0.05) is 30.4 Å².